The molecule has 0 saturated carbocycles. The van der Waals surface area contributed by atoms with Gasteiger partial charge in [0.15, 0.2) is 5.82 Å². The zero-order valence-corrected chi connectivity index (χ0v) is 10.4. The Morgan fingerprint density at radius 3 is 2.72 bits per heavy atom. The van der Waals surface area contributed by atoms with Crippen molar-refractivity contribution in [2.75, 3.05) is 12.8 Å². The van der Waals surface area contributed by atoms with Gasteiger partial charge in [0.1, 0.15) is 5.69 Å². The fraction of sp³-hybridized carbons (Fsp3) is 0.333. The highest BCUT2D eigenvalue weighted by molar-refractivity contribution is 5.52. The number of anilines is 1. The number of rotatable bonds is 4. The number of hydrogen-bond acceptors (Lipinski definition) is 6. The lowest BCUT2D eigenvalue weighted by atomic mass is 10.2. The minimum atomic E-state index is 0.461. The fourth-order valence-corrected chi connectivity index (χ4v) is 1.54. The molecule has 0 radical (unpaired) electrons. The topological polar surface area (TPSA) is 86.8 Å². The molecule has 0 unspecified atom stereocenters. The van der Waals surface area contributed by atoms with E-state index in [1.807, 2.05) is 0 Å². The van der Waals surface area contributed by atoms with Gasteiger partial charge in [0.05, 0.1) is 24.7 Å². The molecule has 94 valence electrons. The second kappa shape index (κ2) is 5.39. The summed E-state index contributed by atoms with van der Waals surface area (Å²) in [6.45, 7) is 2.08. The lowest BCUT2D eigenvalue weighted by Gasteiger charge is -2.05. The Morgan fingerprint density at radius 2 is 2.11 bits per heavy atom. The van der Waals surface area contributed by atoms with Gasteiger partial charge < -0.3 is 10.5 Å². The van der Waals surface area contributed by atoms with Crippen molar-refractivity contribution in [1.82, 2.24) is 20.2 Å². The molecule has 0 bridgehead atoms. The molecule has 2 aromatic heterocycles. The lowest BCUT2D eigenvalue weighted by Crippen LogP contribution is -2.03. The molecule has 0 aliphatic carbocycles. The zero-order valence-electron chi connectivity index (χ0n) is 10.4. The molecule has 0 fully saturated rings. The third-order valence-corrected chi connectivity index (χ3v) is 2.47. The number of hydrogen-bond donors (Lipinski definition) is 1. The summed E-state index contributed by atoms with van der Waals surface area (Å²) in [6.07, 6.45) is 3.42. The molecule has 2 aromatic rings. The van der Waals surface area contributed by atoms with Gasteiger partial charge in [-0.05, 0) is 12.5 Å². The summed E-state index contributed by atoms with van der Waals surface area (Å²) >= 11 is 0. The Balaban J connectivity index is 2.34. The van der Waals surface area contributed by atoms with Crippen molar-refractivity contribution in [3.8, 4) is 17.4 Å². The summed E-state index contributed by atoms with van der Waals surface area (Å²) in [5.41, 5.74) is 7.88. The zero-order chi connectivity index (χ0) is 13.0. The van der Waals surface area contributed by atoms with E-state index in [4.69, 9.17) is 10.5 Å². The summed E-state index contributed by atoms with van der Waals surface area (Å²) < 4.78 is 4.95. The molecule has 6 nitrogen and oxygen atoms in total. The van der Waals surface area contributed by atoms with Crippen LogP contribution in [-0.2, 0) is 6.42 Å². The molecule has 0 amide bonds. The third-order valence-electron chi connectivity index (χ3n) is 2.47. The van der Waals surface area contributed by atoms with Gasteiger partial charge in [-0.2, -0.15) is 0 Å². The van der Waals surface area contributed by atoms with Crippen LogP contribution in [0.3, 0.4) is 0 Å². The van der Waals surface area contributed by atoms with Crippen molar-refractivity contribution in [3.05, 3.63) is 24.0 Å². The van der Waals surface area contributed by atoms with Crippen LogP contribution in [0.4, 0.5) is 5.69 Å². The highest BCUT2D eigenvalue weighted by Gasteiger charge is 2.08. The fourth-order valence-electron chi connectivity index (χ4n) is 1.54. The van der Waals surface area contributed by atoms with Crippen molar-refractivity contribution < 1.29 is 4.74 Å². The van der Waals surface area contributed by atoms with Crippen LogP contribution in [0.1, 0.15) is 19.0 Å². The monoisotopic (exact) mass is 245 g/mol. The van der Waals surface area contributed by atoms with Crippen molar-refractivity contribution >= 4 is 5.69 Å². The van der Waals surface area contributed by atoms with Gasteiger partial charge in [-0.25, -0.2) is 9.97 Å². The highest BCUT2D eigenvalue weighted by atomic mass is 16.5. The van der Waals surface area contributed by atoms with E-state index < -0.39 is 0 Å². The van der Waals surface area contributed by atoms with Gasteiger partial charge in [-0.1, -0.05) is 13.3 Å². The second-order valence-corrected chi connectivity index (χ2v) is 3.81. The Labute approximate surface area is 105 Å². The maximum atomic E-state index is 5.82. The Morgan fingerprint density at radius 1 is 1.28 bits per heavy atom. The summed E-state index contributed by atoms with van der Waals surface area (Å²) in [5, 5.41) is 7.90. The number of nitrogens with two attached hydrogens (primary N) is 1. The van der Waals surface area contributed by atoms with Gasteiger partial charge in [0.2, 0.25) is 5.88 Å². The van der Waals surface area contributed by atoms with E-state index in [1.165, 1.54) is 0 Å². The molecule has 0 atom stereocenters. The van der Waals surface area contributed by atoms with Crippen molar-refractivity contribution in [1.29, 1.82) is 0 Å². The first kappa shape index (κ1) is 12.2. The largest absolute Gasteiger partial charge is 0.480 e. The SMILES string of the molecule is CCCc1nc(-c2ccc(OC)nn2)ncc1N. The van der Waals surface area contributed by atoms with Crippen LogP contribution in [0.5, 0.6) is 5.88 Å². The molecule has 0 saturated heterocycles. The molecule has 6 heteroatoms. The van der Waals surface area contributed by atoms with Crippen LogP contribution < -0.4 is 10.5 Å². The number of aromatic nitrogens is 4. The van der Waals surface area contributed by atoms with E-state index in [2.05, 4.69) is 27.1 Å². The van der Waals surface area contributed by atoms with Crippen LogP contribution in [0.25, 0.3) is 11.5 Å². The van der Waals surface area contributed by atoms with Crippen LogP contribution >= 0.6 is 0 Å². The highest BCUT2D eigenvalue weighted by Crippen LogP contribution is 2.17. The smallest absolute Gasteiger partial charge is 0.233 e. The van der Waals surface area contributed by atoms with Gasteiger partial charge in [-0.15, -0.1) is 10.2 Å². The molecule has 18 heavy (non-hydrogen) atoms. The summed E-state index contributed by atoms with van der Waals surface area (Å²) in [5.74, 6) is 0.991. The Bertz CT molecular complexity index is 526. The molecule has 2 heterocycles. The minimum absolute atomic E-state index is 0.461. The lowest BCUT2D eigenvalue weighted by molar-refractivity contribution is 0.392. The van der Waals surface area contributed by atoms with Crippen LogP contribution in [0.2, 0.25) is 0 Å². The van der Waals surface area contributed by atoms with Crippen LogP contribution in [-0.4, -0.2) is 27.3 Å². The third kappa shape index (κ3) is 2.53. The maximum Gasteiger partial charge on any atom is 0.233 e. The van der Waals surface area contributed by atoms with Crippen molar-refractivity contribution in [2.45, 2.75) is 19.8 Å². The number of methoxy groups -OCH3 is 1. The van der Waals surface area contributed by atoms with Crippen LogP contribution in [0, 0.1) is 0 Å². The molecule has 2 N–H and O–H groups in total. The molecule has 0 spiro atoms. The number of aryl methyl sites for hydroxylation is 1. The quantitative estimate of drug-likeness (QED) is 0.877. The average Bonchev–Trinajstić information content (AvgIpc) is 2.42. The molecular weight excluding hydrogens is 230 g/mol. The van der Waals surface area contributed by atoms with E-state index in [0.29, 0.717) is 23.1 Å². The van der Waals surface area contributed by atoms with Crippen LogP contribution in [0.15, 0.2) is 18.3 Å². The minimum Gasteiger partial charge on any atom is -0.480 e. The van der Waals surface area contributed by atoms with Gasteiger partial charge in [-0.3, -0.25) is 0 Å². The first-order valence-corrected chi connectivity index (χ1v) is 5.74. The predicted octanol–water partition coefficient (Wildman–Crippen LogP) is 1.48. The number of nitrogen functional groups attached to an aromatic ring is 1. The number of ether oxygens (including phenoxy) is 1. The maximum absolute atomic E-state index is 5.82. The second-order valence-electron chi connectivity index (χ2n) is 3.81. The summed E-state index contributed by atoms with van der Waals surface area (Å²) in [4.78, 5) is 8.58. The summed E-state index contributed by atoms with van der Waals surface area (Å²) in [6, 6.07) is 3.49. The molecular formula is C12H15N5O. The van der Waals surface area contributed by atoms with Gasteiger partial charge in [0, 0.05) is 6.07 Å². The molecule has 0 aromatic carbocycles. The standard InChI is InChI=1S/C12H15N5O/c1-3-4-9-8(13)7-14-12(15-9)10-5-6-11(18-2)17-16-10/h5-7H,3-4,13H2,1-2H3. The van der Waals surface area contributed by atoms with E-state index in [-0.39, 0.29) is 0 Å². The molecule has 2 rings (SSSR count). The first-order chi connectivity index (χ1) is 8.74. The van der Waals surface area contributed by atoms with E-state index in [9.17, 15) is 0 Å². The predicted molar refractivity (Wildman–Crippen MR) is 68.0 cm³/mol. The normalized spacial score (nSPS) is 10.3. The Kier molecular flexibility index (Phi) is 3.66. The molecule has 0 aliphatic rings. The van der Waals surface area contributed by atoms with Gasteiger partial charge in [0.25, 0.3) is 0 Å². The average molecular weight is 245 g/mol. The number of nitrogens with zero attached hydrogens (tertiary/aromatic N) is 4. The van der Waals surface area contributed by atoms with E-state index in [0.717, 1.165) is 18.5 Å². The van der Waals surface area contributed by atoms with E-state index in [1.54, 1.807) is 25.4 Å². The Hall–Kier alpha value is -2.24. The first-order valence-electron chi connectivity index (χ1n) is 5.74. The van der Waals surface area contributed by atoms with Crippen molar-refractivity contribution in [2.24, 2.45) is 0 Å². The summed E-state index contributed by atoms with van der Waals surface area (Å²) in [7, 11) is 1.54. The van der Waals surface area contributed by atoms with Crippen molar-refractivity contribution in [3.63, 3.8) is 0 Å². The molecule has 0 aliphatic heterocycles. The van der Waals surface area contributed by atoms with E-state index >= 15 is 0 Å². The van der Waals surface area contributed by atoms with Gasteiger partial charge >= 0.3 is 0 Å².